The predicted octanol–water partition coefficient (Wildman–Crippen LogP) is 1.95. The molecule has 5 heteroatoms. The van der Waals surface area contributed by atoms with E-state index in [0.29, 0.717) is 11.3 Å². The van der Waals surface area contributed by atoms with Gasteiger partial charge in [-0.15, -0.1) is 0 Å². The Morgan fingerprint density at radius 2 is 2.25 bits per heavy atom. The van der Waals surface area contributed by atoms with Crippen LogP contribution in [0.25, 0.3) is 5.69 Å². The Hall–Kier alpha value is -1.75. The molecule has 1 aromatic carbocycles. The molecule has 2 aromatic rings. The average Bonchev–Trinajstić information content (AvgIpc) is 2.64. The summed E-state index contributed by atoms with van der Waals surface area (Å²) in [6.45, 7) is 1.92. The van der Waals surface area contributed by atoms with E-state index in [9.17, 15) is 4.39 Å². The fourth-order valence-corrected chi connectivity index (χ4v) is 1.61. The van der Waals surface area contributed by atoms with Crippen LogP contribution in [0.15, 0.2) is 30.6 Å². The molecule has 0 radical (unpaired) electrons. The summed E-state index contributed by atoms with van der Waals surface area (Å²) < 4.78 is 14.7. The quantitative estimate of drug-likeness (QED) is 0.809. The van der Waals surface area contributed by atoms with Crippen LogP contribution in [-0.4, -0.2) is 14.8 Å². The summed E-state index contributed by atoms with van der Waals surface area (Å²) >= 11 is 4.89. The molecule has 1 heterocycles. The number of rotatable bonds is 2. The van der Waals surface area contributed by atoms with E-state index in [4.69, 9.17) is 18.0 Å². The van der Waals surface area contributed by atoms with Crippen LogP contribution in [0, 0.1) is 12.7 Å². The Morgan fingerprint density at radius 3 is 2.81 bits per heavy atom. The van der Waals surface area contributed by atoms with E-state index < -0.39 is 0 Å². The zero-order valence-electron chi connectivity index (χ0n) is 8.64. The highest BCUT2D eigenvalue weighted by atomic mass is 32.1. The summed E-state index contributed by atoms with van der Waals surface area (Å²) in [6.07, 6.45) is 3.54. The lowest BCUT2D eigenvalue weighted by atomic mass is 10.1. The lowest BCUT2D eigenvalue weighted by molar-refractivity contribution is 0.626. The topological polar surface area (TPSA) is 43.8 Å². The number of nitrogens with zero attached hydrogens (tertiary/aromatic N) is 2. The van der Waals surface area contributed by atoms with E-state index in [1.54, 1.807) is 16.9 Å². The fraction of sp³-hybridized carbons (Fsp3) is 0.0909. The summed E-state index contributed by atoms with van der Waals surface area (Å²) in [4.78, 5) is 0.155. The molecule has 0 bridgehead atoms. The minimum atomic E-state index is -0.365. The minimum absolute atomic E-state index is 0.155. The highest BCUT2D eigenvalue weighted by Crippen LogP contribution is 2.16. The Bertz CT molecular complexity index is 548. The summed E-state index contributed by atoms with van der Waals surface area (Å²) in [5.41, 5.74) is 7.73. The Kier molecular flexibility index (Phi) is 2.70. The number of benzene rings is 1. The molecule has 0 aliphatic carbocycles. The van der Waals surface area contributed by atoms with Gasteiger partial charge in [0.1, 0.15) is 10.8 Å². The van der Waals surface area contributed by atoms with Gasteiger partial charge in [0.15, 0.2) is 0 Å². The number of hydrogen-bond acceptors (Lipinski definition) is 2. The first kappa shape index (κ1) is 10.8. The van der Waals surface area contributed by atoms with E-state index in [1.807, 2.05) is 13.1 Å². The molecule has 2 N–H and O–H groups in total. The summed E-state index contributed by atoms with van der Waals surface area (Å²) in [7, 11) is 0. The van der Waals surface area contributed by atoms with Crippen LogP contribution in [0.4, 0.5) is 4.39 Å². The molecule has 0 fully saturated rings. The van der Waals surface area contributed by atoms with E-state index >= 15 is 0 Å². The zero-order chi connectivity index (χ0) is 11.7. The van der Waals surface area contributed by atoms with Gasteiger partial charge in [-0.2, -0.15) is 5.10 Å². The standard InChI is InChI=1S/C11H10FN3S/c1-7-5-14-15(6-7)10-3-2-8(12)4-9(10)11(13)16/h2-6H,1H3,(H2,13,16). The van der Waals surface area contributed by atoms with Crippen LogP contribution in [0.3, 0.4) is 0 Å². The maximum absolute atomic E-state index is 13.1. The third-order valence-electron chi connectivity index (χ3n) is 2.18. The molecule has 16 heavy (non-hydrogen) atoms. The molecule has 0 saturated carbocycles. The zero-order valence-corrected chi connectivity index (χ0v) is 9.46. The van der Waals surface area contributed by atoms with Crippen molar-refractivity contribution in [3.8, 4) is 5.69 Å². The smallest absolute Gasteiger partial charge is 0.124 e. The number of aryl methyl sites for hydroxylation is 1. The monoisotopic (exact) mass is 235 g/mol. The first-order valence-electron chi connectivity index (χ1n) is 4.69. The molecule has 2 rings (SSSR count). The van der Waals surface area contributed by atoms with Gasteiger partial charge in [0.2, 0.25) is 0 Å². The van der Waals surface area contributed by atoms with Crippen LogP contribution < -0.4 is 5.73 Å². The highest BCUT2D eigenvalue weighted by Gasteiger charge is 2.09. The molecular formula is C11H10FN3S. The number of thiocarbonyl (C=S) groups is 1. The second kappa shape index (κ2) is 4.02. The lowest BCUT2D eigenvalue weighted by Crippen LogP contribution is -2.14. The van der Waals surface area contributed by atoms with Crippen molar-refractivity contribution in [1.82, 2.24) is 9.78 Å². The van der Waals surface area contributed by atoms with Crippen LogP contribution >= 0.6 is 12.2 Å². The molecule has 0 unspecified atom stereocenters. The molecular weight excluding hydrogens is 225 g/mol. The minimum Gasteiger partial charge on any atom is -0.389 e. The van der Waals surface area contributed by atoms with E-state index in [2.05, 4.69) is 5.10 Å². The van der Waals surface area contributed by atoms with Crippen LogP contribution in [0.1, 0.15) is 11.1 Å². The van der Waals surface area contributed by atoms with Gasteiger partial charge >= 0.3 is 0 Å². The number of aromatic nitrogens is 2. The molecule has 3 nitrogen and oxygen atoms in total. The van der Waals surface area contributed by atoms with Gasteiger partial charge in [0.05, 0.1) is 11.9 Å². The van der Waals surface area contributed by atoms with E-state index in [1.165, 1.54) is 12.1 Å². The predicted molar refractivity (Wildman–Crippen MR) is 64.1 cm³/mol. The van der Waals surface area contributed by atoms with Crippen LogP contribution in [-0.2, 0) is 0 Å². The molecule has 0 aliphatic heterocycles. The molecule has 0 aliphatic rings. The molecule has 0 spiro atoms. The first-order chi connectivity index (χ1) is 7.58. The van der Waals surface area contributed by atoms with Crippen molar-refractivity contribution in [3.05, 3.63) is 47.5 Å². The van der Waals surface area contributed by atoms with Gasteiger partial charge in [0, 0.05) is 11.8 Å². The third kappa shape index (κ3) is 1.94. The second-order valence-corrected chi connectivity index (χ2v) is 3.93. The third-order valence-corrected chi connectivity index (χ3v) is 2.40. The highest BCUT2D eigenvalue weighted by molar-refractivity contribution is 7.80. The van der Waals surface area contributed by atoms with E-state index in [-0.39, 0.29) is 10.8 Å². The second-order valence-electron chi connectivity index (χ2n) is 3.49. The maximum atomic E-state index is 13.1. The van der Waals surface area contributed by atoms with E-state index in [0.717, 1.165) is 5.56 Å². The number of halogens is 1. The summed E-state index contributed by atoms with van der Waals surface area (Å²) in [5.74, 6) is -0.365. The lowest BCUT2D eigenvalue weighted by Gasteiger charge is -2.08. The van der Waals surface area contributed by atoms with Gasteiger partial charge in [-0.25, -0.2) is 9.07 Å². The van der Waals surface area contributed by atoms with Crippen molar-refractivity contribution < 1.29 is 4.39 Å². The molecule has 82 valence electrons. The van der Waals surface area contributed by atoms with Gasteiger partial charge in [-0.05, 0) is 30.7 Å². The number of hydrogen-bond donors (Lipinski definition) is 1. The summed E-state index contributed by atoms with van der Waals surface area (Å²) in [6, 6.07) is 4.28. The van der Waals surface area contributed by atoms with Crippen LogP contribution in [0.2, 0.25) is 0 Å². The Balaban J connectivity index is 2.60. The number of nitrogens with two attached hydrogens (primary N) is 1. The fourth-order valence-electron chi connectivity index (χ4n) is 1.45. The van der Waals surface area contributed by atoms with Gasteiger partial charge in [-0.1, -0.05) is 12.2 Å². The van der Waals surface area contributed by atoms with Crippen molar-refractivity contribution in [2.45, 2.75) is 6.92 Å². The average molecular weight is 235 g/mol. The van der Waals surface area contributed by atoms with Crippen molar-refractivity contribution >= 4 is 17.2 Å². The Labute approximate surface area is 97.7 Å². The van der Waals surface area contributed by atoms with Gasteiger partial charge in [0.25, 0.3) is 0 Å². The van der Waals surface area contributed by atoms with Crippen molar-refractivity contribution in [1.29, 1.82) is 0 Å². The normalized spacial score (nSPS) is 10.4. The molecule has 0 amide bonds. The Morgan fingerprint density at radius 1 is 1.50 bits per heavy atom. The van der Waals surface area contributed by atoms with Crippen molar-refractivity contribution in [2.75, 3.05) is 0 Å². The van der Waals surface area contributed by atoms with Gasteiger partial charge in [-0.3, -0.25) is 0 Å². The van der Waals surface area contributed by atoms with Crippen molar-refractivity contribution in [3.63, 3.8) is 0 Å². The maximum Gasteiger partial charge on any atom is 0.124 e. The van der Waals surface area contributed by atoms with Crippen LogP contribution in [0.5, 0.6) is 0 Å². The molecule has 0 saturated heterocycles. The largest absolute Gasteiger partial charge is 0.389 e. The molecule has 0 atom stereocenters. The molecule has 1 aromatic heterocycles. The summed E-state index contributed by atoms with van der Waals surface area (Å²) in [5, 5.41) is 4.14. The van der Waals surface area contributed by atoms with Gasteiger partial charge < -0.3 is 5.73 Å². The van der Waals surface area contributed by atoms with Crippen molar-refractivity contribution in [2.24, 2.45) is 5.73 Å². The SMILES string of the molecule is Cc1cnn(-c2ccc(F)cc2C(N)=S)c1. The first-order valence-corrected chi connectivity index (χ1v) is 5.10.